The van der Waals surface area contributed by atoms with Crippen molar-refractivity contribution in [2.24, 2.45) is 4.99 Å². The lowest BCUT2D eigenvalue weighted by Gasteiger charge is -2.15. The summed E-state index contributed by atoms with van der Waals surface area (Å²) in [6, 6.07) is -0.0389. The van der Waals surface area contributed by atoms with Crippen molar-refractivity contribution >= 4 is 27.1 Å². The maximum Gasteiger partial charge on any atom is 0.191 e. The Balaban J connectivity index is 1.77. The summed E-state index contributed by atoms with van der Waals surface area (Å²) in [5.74, 6) is 1.57. The van der Waals surface area contributed by atoms with Gasteiger partial charge in [0.05, 0.1) is 22.2 Å². The van der Waals surface area contributed by atoms with Gasteiger partial charge in [0, 0.05) is 37.4 Å². The van der Waals surface area contributed by atoms with Crippen LogP contribution in [-0.2, 0) is 16.3 Å². The van der Waals surface area contributed by atoms with E-state index in [0.717, 1.165) is 23.7 Å². The molecular weight excluding hydrogens is 320 g/mol. The largest absolute Gasteiger partial charge is 0.356 e. The molecule has 0 bridgehead atoms. The first-order valence-corrected chi connectivity index (χ1v) is 10.2. The zero-order valence-corrected chi connectivity index (χ0v) is 14.9. The number of hydrogen-bond acceptors (Lipinski definition) is 5. The Morgan fingerprint density at radius 2 is 2.32 bits per heavy atom. The first-order chi connectivity index (χ1) is 10.4. The fourth-order valence-electron chi connectivity index (χ4n) is 2.31. The molecule has 1 aromatic rings. The highest BCUT2D eigenvalue weighted by Gasteiger charge is 2.28. The van der Waals surface area contributed by atoms with Crippen molar-refractivity contribution in [3.63, 3.8) is 0 Å². The molecule has 1 unspecified atom stereocenters. The molecule has 1 fully saturated rings. The Hall–Kier alpha value is -1.15. The minimum absolute atomic E-state index is 0.0389. The van der Waals surface area contributed by atoms with Crippen LogP contribution in [0.25, 0.3) is 0 Å². The third-order valence-electron chi connectivity index (χ3n) is 3.53. The quantitative estimate of drug-likeness (QED) is 0.619. The van der Waals surface area contributed by atoms with E-state index in [1.165, 1.54) is 0 Å². The molecule has 0 amide bonds. The summed E-state index contributed by atoms with van der Waals surface area (Å²) < 4.78 is 22.9. The lowest BCUT2D eigenvalue weighted by atomic mass is 10.2. The minimum atomic E-state index is -2.87. The first kappa shape index (κ1) is 17.2. The van der Waals surface area contributed by atoms with Crippen molar-refractivity contribution < 1.29 is 8.42 Å². The van der Waals surface area contributed by atoms with Gasteiger partial charge in [0.2, 0.25) is 0 Å². The summed E-state index contributed by atoms with van der Waals surface area (Å²) in [4.78, 5) is 8.74. The molecule has 0 aromatic carbocycles. The molecule has 8 heteroatoms. The minimum Gasteiger partial charge on any atom is -0.356 e. The Labute approximate surface area is 136 Å². The van der Waals surface area contributed by atoms with Gasteiger partial charge in [-0.15, -0.1) is 11.3 Å². The molecule has 124 valence electrons. The first-order valence-electron chi connectivity index (χ1n) is 7.51. The highest BCUT2D eigenvalue weighted by atomic mass is 32.2. The summed E-state index contributed by atoms with van der Waals surface area (Å²) in [7, 11) is -1.18. The maximum absolute atomic E-state index is 11.5. The van der Waals surface area contributed by atoms with Crippen molar-refractivity contribution in [2.45, 2.75) is 38.6 Å². The normalized spacial score (nSPS) is 21.3. The standard InChI is InChI=1S/C14H24N4O2S2/c1-10(2)13-17-11(8-21-13)4-6-16-14(15-3)18-12-5-7-22(19,20)9-12/h8,10,12H,4-7,9H2,1-3H3,(H2,15,16,18). The van der Waals surface area contributed by atoms with Crippen LogP contribution in [0.15, 0.2) is 10.4 Å². The lowest BCUT2D eigenvalue weighted by Crippen LogP contribution is -2.44. The summed E-state index contributed by atoms with van der Waals surface area (Å²) in [5, 5.41) is 9.65. The van der Waals surface area contributed by atoms with E-state index >= 15 is 0 Å². The van der Waals surface area contributed by atoms with Crippen LogP contribution < -0.4 is 10.6 Å². The van der Waals surface area contributed by atoms with Gasteiger partial charge in [0.15, 0.2) is 15.8 Å². The highest BCUT2D eigenvalue weighted by molar-refractivity contribution is 7.91. The molecule has 1 aliphatic heterocycles. The van der Waals surface area contributed by atoms with E-state index in [9.17, 15) is 8.42 Å². The lowest BCUT2D eigenvalue weighted by molar-refractivity contribution is 0.599. The number of nitrogens with zero attached hydrogens (tertiary/aromatic N) is 2. The van der Waals surface area contributed by atoms with E-state index in [4.69, 9.17) is 0 Å². The second-order valence-corrected chi connectivity index (χ2v) is 8.94. The summed E-state index contributed by atoms with van der Waals surface area (Å²) in [5.41, 5.74) is 1.08. The van der Waals surface area contributed by atoms with E-state index < -0.39 is 9.84 Å². The average molecular weight is 345 g/mol. The topological polar surface area (TPSA) is 83.4 Å². The predicted molar refractivity (Wildman–Crippen MR) is 91.5 cm³/mol. The van der Waals surface area contributed by atoms with Crippen LogP contribution in [0.2, 0.25) is 0 Å². The molecule has 2 heterocycles. The Morgan fingerprint density at radius 3 is 2.86 bits per heavy atom. The molecule has 1 atom stereocenters. The predicted octanol–water partition coefficient (Wildman–Crippen LogP) is 1.16. The van der Waals surface area contributed by atoms with Gasteiger partial charge in [0.25, 0.3) is 0 Å². The number of thiazole rings is 1. The van der Waals surface area contributed by atoms with E-state index in [1.54, 1.807) is 18.4 Å². The van der Waals surface area contributed by atoms with E-state index in [0.29, 0.717) is 18.3 Å². The molecule has 1 aliphatic rings. The molecule has 2 N–H and O–H groups in total. The summed E-state index contributed by atoms with van der Waals surface area (Å²) in [6.45, 7) is 5.00. The summed E-state index contributed by atoms with van der Waals surface area (Å²) >= 11 is 1.70. The van der Waals surface area contributed by atoms with Gasteiger partial charge < -0.3 is 10.6 Å². The molecule has 0 spiro atoms. The Bertz CT molecular complexity index is 623. The molecule has 0 saturated carbocycles. The van der Waals surface area contributed by atoms with Crippen LogP contribution in [0.3, 0.4) is 0 Å². The molecular formula is C14H24N4O2S2. The molecule has 6 nitrogen and oxygen atoms in total. The second kappa shape index (κ2) is 7.41. The SMILES string of the molecule is CN=C(NCCc1csc(C(C)C)n1)NC1CCS(=O)(=O)C1. The number of aliphatic imine (C=N–C) groups is 1. The van der Waals surface area contributed by atoms with Gasteiger partial charge in [-0.2, -0.15) is 0 Å². The van der Waals surface area contributed by atoms with Crippen molar-refractivity contribution in [3.8, 4) is 0 Å². The van der Waals surface area contributed by atoms with Gasteiger partial charge in [-0.05, 0) is 6.42 Å². The third-order valence-corrected chi connectivity index (χ3v) is 6.50. The number of hydrogen-bond donors (Lipinski definition) is 2. The average Bonchev–Trinajstić information content (AvgIpc) is 3.04. The van der Waals surface area contributed by atoms with Gasteiger partial charge in [0.1, 0.15) is 0 Å². The highest BCUT2D eigenvalue weighted by Crippen LogP contribution is 2.19. The van der Waals surface area contributed by atoms with Crippen LogP contribution >= 0.6 is 11.3 Å². The number of rotatable bonds is 5. The van der Waals surface area contributed by atoms with Crippen molar-refractivity contribution in [3.05, 3.63) is 16.1 Å². The van der Waals surface area contributed by atoms with E-state index in [-0.39, 0.29) is 17.5 Å². The smallest absolute Gasteiger partial charge is 0.191 e. The van der Waals surface area contributed by atoms with E-state index in [2.05, 4.69) is 39.8 Å². The van der Waals surface area contributed by atoms with Crippen molar-refractivity contribution in [1.29, 1.82) is 0 Å². The Kier molecular flexibility index (Phi) is 5.80. The molecule has 1 aromatic heterocycles. The second-order valence-electron chi connectivity index (χ2n) is 5.83. The molecule has 1 saturated heterocycles. The maximum atomic E-state index is 11.5. The van der Waals surface area contributed by atoms with Crippen molar-refractivity contribution in [2.75, 3.05) is 25.1 Å². The molecule has 2 rings (SSSR count). The third kappa shape index (κ3) is 4.95. The fraction of sp³-hybridized carbons (Fsp3) is 0.714. The van der Waals surface area contributed by atoms with Gasteiger partial charge >= 0.3 is 0 Å². The number of guanidine groups is 1. The molecule has 0 aliphatic carbocycles. The summed E-state index contributed by atoms with van der Waals surface area (Å²) in [6.07, 6.45) is 1.47. The van der Waals surface area contributed by atoms with Crippen LogP contribution in [-0.4, -0.2) is 50.5 Å². The Morgan fingerprint density at radius 1 is 1.55 bits per heavy atom. The number of sulfone groups is 1. The van der Waals surface area contributed by atoms with Crippen LogP contribution in [0, 0.1) is 0 Å². The number of nitrogens with one attached hydrogen (secondary N) is 2. The fourth-order valence-corrected chi connectivity index (χ4v) is 4.85. The number of aromatic nitrogens is 1. The van der Waals surface area contributed by atoms with Gasteiger partial charge in [-0.25, -0.2) is 13.4 Å². The van der Waals surface area contributed by atoms with Gasteiger partial charge in [-0.3, -0.25) is 4.99 Å². The monoisotopic (exact) mass is 344 g/mol. The molecule has 0 radical (unpaired) electrons. The van der Waals surface area contributed by atoms with Crippen molar-refractivity contribution in [1.82, 2.24) is 15.6 Å². The van der Waals surface area contributed by atoms with Gasteiger partial charge in [-0.1, -0.05) is 13.8 Å². The van der Waals surface area contributed by atoms with E-state index in [1.807, 2.05) is 0 Å². The van der Waals surface area contributed by atoms with Crippen LogP contribution in [0.5, 0.6) is 0 Å². The van der Waals surface area contributed by atoms with Crippen LogP contribution in [0.4, 0.5) is 0 Å². The zero-order valence-electron chi connectivity index (χ0n) is 13.3. The van der Waals surface area contributed by atoms with Crippen LogP contribution in [0.1, 0.15) is 36.9 Å². The molecule has 22 heavy (non-hydrogen) atoms. The zero-order chi connectivity index (χ0) is 16.2.